The van der Waals surface area contributed by atoms with Crippen LogP contribution in [0.3, 0.4) is 0 Å². The van der Waals surface area contributed by atoms with Gasteiger partial charge >= 0.3 is 0 Å². The van der Waals surface area contributed by atoms with Gasteiger partial charge in [0.05, 0.1) is 19.1 Å². The Bertz CT molecular complexity index is 289. The normalized spacial score (nSPS) is 26.2. The van der Waals surface area contributed by atoms with E-state index < -0.39 is 0 Å². The van der Waals surface area contributed by atoms with Crippen LogP contribution in [0.4, 0.5) is 0 Å². The Morgan fingerprint density at radius 1 is 1.44 bits per heavy atom. The van der Waals surface area contributed by atoms with Crippen LogP contribution in [-0.4, -0.2) is 59.1 Å². The molecule has 1 amide bonds. The first-order valence-corrected chi connectivity index (χ1v) is 6.84. The van der Waals surface area contributed by atoms with Crippen LogP contribution in [0.2, 0.25) is 0 Å². The molecule has 2 fully saturated rings. The zero-order valence-corrected chi connectivity index (χ0v) is 11.1. The quantitative estimate of drug-likeness (QED) is 0.752. The summed E-state index contributed by atoms with van der Waals surface area (Å²) in [5, 5.41) is 0. The summed E-state index contributed by atoms with van der Waals surface area (Å²) in [6, 6.07) is -0.339. The Labute approximate surface area is 102 Å². The van der Waals surface area contributed by atoms with Gasteiger partial charge in [0.15, 0.2) is 0 Å². The standard InChI is InChI=1S/C11H21N3OS/c1-8(2)9(12)10(15)14-6-11(7-14)13(3)4-5-16-11/h8-9H,4-7,12H2,1-3H3/t9-/m0/s1. The fourth-order valence-electron chi connectivity index (χ4n) is 2.22. The first-order chi connectivity index (χ1) is 7.46. The Balaban J connectivity index is 1.90. The first kappa shape index (κ1) is 12.2. The summed E-state index contributed by atoms with van der Waals surface area (Å²) in [5.74, 6) is 1.51. The molecule has 1 atom stereocenters. The zero-order valence-electron chi connectivity index (χ0n) is 10.3. The van der Waals surface area contributed by atoms with Crippen molar-refractivity contribution in [2.75, 3.05) is 32.4 Å². The number of carbonyl (C=O) groups excluding carboxylic acids is 1. The molecule has 2 N–H and O–H groups in total. The van der Waals surface area contributed by atoms with Gasteiger partial charge in [-0.2, -0.15) is 0 Å². The van der Waals surface area contributed by atoms with Crippen LogP contribution in [-0.2, 0) is 4.79 Å². The van der Waals surface area contributed by atoms with E-state index in [1.54, 1.807) is 0 Å². The van der Waals surface area contributed by atoms with E-state index in [1.165, 1.54) is 5.75 Å². The van der Waals surface area contributed by atoms with Crippen molar-refractivity contribution in [1.82, 2.24) is 9.80 Å². The molecule has 92 valence electrons. The summed E-state index contributed by atoms with van der Waals surface area (Å²) in [7, 11) is 2.14. The van der Waals surface area contributed by atoms with Crippen LogP contribution in [0.1, 0.15) is 13.8 Å². The Morgan fingerprint density at radius 2 is 2.06 bits per heavy atom. The lowest BCUT2D eigenvalue weighted by atomic mass is 9.99. The van der Waals surface area contributed by atoms with E-state index in [4.69, 9.17) is 5.73 Å². The van der Waals surface area contributed by atoms with Gasteiger partial charge in [0.1, 0.15) is 4.87 Å². The Hall–Kier alpha value is -0.260. The van der Waals surface area contributed by atoms with Crippen LogP contribution in [0.25, 0.3) is 0 Å². The molecule has 0 aromatic heterocycles. The third-order valence-corrected chi connectivity index (χ3v) is 5.18. The summed E-state index contributed by atoms with van der Waals surface area (Å²) in [5.41, 5.74) is 5.88. The number of thioether (sulfide) groups is 1. The van der Waals surface area contributed by atoms with Crippen molar-refractivity contribution in [1.29, 1.82) is 0 Å². The van der Waals surface area contributed by atoms with Crippen molar-refractivity contribution in [3.63, 3.8) is 0 Å². The van der Waals surface area contributed by atoms with Crippen molar-refractivity contribution in [2.45, 2.75) is 24.8 Å². The van der Waals surface area contributed by atoms with Gasteiger partial charge in [-0.25, -0.2) is 0 Å². The predicted molar refractivity (Wildman–Crippen MR) is 67.2 cm³/mol. The number of hydrogen-bond acceptors (Lipinski definition) is 4. The molecule has 0 saturated carbocycles. The van der Waals surface area contributed by atoms with Gasteiger partial charge in [-0.1, -0.05) is 13.8 Å². The van der Waals surface area contributed by atoms with Crippen molar-refractivity contribution >= 4 is 17.7 Å². The summed E-state index contributed by atoms with van der Waals surface area (Å²) in [6.45, 7) is 6.80. The fourth-order valence-corrected chi connectivity index (χ4v) is 3.77. The largest absolute Gasteiger partial charge is 0.336 e. The molecule has 5 heteroatoms. The Morgan fingerprint density at radius 3 is 2.50 bits per heavy atom. The highest BCUT2D eigenvalue weighted by atomic mass is 32.2. The molecule has 2 rings (SSSR count). The number of nitrogens with two attached hydrogens (primary N) is 1. The smallest absolute Gasteiger partial charge is 0.239 e. The summed E-state index contributed by atoms with van der Waals surface area (Å²) >= 11 is 1.97. The molecule has 0 bridgehead atoms. The van der Waals surface area contributed by atoms with Gasteiger partial charge in [0, 0.05) is 12.3 Å². The molecular formula is C11H21N3OS. The van der Waals surface area contributed by atoms with Crippen LogP contribution in [0.15, 0.2) is 0 Å². The molecule has 2 heterocycles. The number of likely N-dealkylation sites (tertiary alicyclic amines) is 1. The highest BCUT2D eigenvalue weighted by molar-refractivity contribution is 8.01. The summed E-state index contributed by atoms with van der Waals surface area (Å²) < 4.78 is 0. The topological polar surface area (TPSA) is 49.6 Å². The van der Waals surface area contributed by atoms with Gasteiger partial charge in [-0.15, -0.1) is 11.8 Å². The molecule has 0 aromatic rings. The SMILES string of the molecule is CC(C)[C@H](N)C(=O)N1CC2(C1)SCCN2C. The van der Waals surface area contributed by atoms with E-state index >= 15 is 0 Å². The van der Waals surface area contributed by atoms with Crippen LogP contribution < -0.4 is 5.73 Å². The molecular weight excluding hydrogens is 222 g/mol. The number of likely N-dealkylation sites (N-methyl/N-ethyl adjacent to an activating group) is 1. The Kier molecular flexibility index (Phi) is 3.20. The lowest BCUT2D eigenvalue weighted by Gasteiger charge is -2.51. The lowest BCUT2D eigenvalue weighted by molar-refractivity contribution is -0.141. The molecule has 1 spiro atoms. The van der Waals surface area contributed by atoms with Gasteiger partial charge in [0.2, 0.25) is 5.91 Å². The first-order valence-electron chi connectivity index (χ1n) is 5.86. The number of nitrogens with zero attached hydrogens (tertiary/aromatic N) is 2. The maximum absolute atomic E-state index is 12.0. The van der Waals surface area contributed by atoms with Gasteiger partial charge in [0.25, 0.3) is 0 Å². The average molecular weight is 243 g/mol. The second-order valence-corrected chi connectivity index (χ2v) is 6.64. The second-order valence-electron chi connectivity index (χ2n) is 5.18. The summed E-state index contributed by atoms with van der Waals surface area (Å²) in [6.07, 6.45) is 0. The molecule has 0 aliphatic carbocycles. The van der Waals surface area contributed by atoms with Gasteiger partial charge in [-0.05, 0) is 13.0 Å². The minimum absolute atomic E-state index is 0.113. The lowest BCUT2D eigenvalue weighted by Crippen LogP contribution is -2.68. The number of hydrogen-bond donors (Lipinski definition) is 1. The van der Waals surface area contributed by atoms with Crippen molar-refractivity contribution < 1.29 is 4.79 Å². The summed E-state index contributed by atoms with van der Waals surface area (Å²) in [4.78, 5) is 16.5. The van der Waals surface area contributed by atoms with Crippen molar-refractivity contribution in [2.24, 2.45) is 11.7 Å². The van der Waals surface area contributed by atoms with E-state index in [9.17, 15) is 4.79 Å². The van der Waals surface area contributed by atoms with Gasteiger partial charge in [-0.3, -0.25) is 9.69 Å². The van der Waals surface area contributed by atoms with Crippen LogP contribution >= 0.6 is 11.8 Å². The van der Waals surface area contributed by atoms with Crippen LogP contribution in [0, 0.1) is 5.92 Å². The maximum atomic E-state index is 12.0. The second kappa shape index (κ2) is 4.20. The van der Waals surface area contributed by atoms with E-state index in [0.717, 1.165) is 19.6 Å². The molecule has 2 aliphatic rings. The minimum atomic E-state index is -0.339. The number of amides is 1. The fraction of sp³-hybridized carbons (Fsp3) is 0.909. The van der Waals surface area contributed by atoms with E-state index in [2.05, 4.69) is 11.9 Å². The number of rotatable bonds is 2. The molecule has 2 saturated heterocycles. The van der Waals surface area contributed by atoms with Crippen molar-refractivity contribution in [3.8, 4) is 0 Å². The molecule has 2 aliphatic heterocycles. The third kappa shape index (κ3) is 1.85. The highest BCUT2D eigenvalue weighted by Crippen LogP contribution is 2.42. The monoisotopic (exact) mass is 243 g/mol. The van der Waals surface area contributed by atoms with Crippen molar-refractivity contribution in [3.05, 3.63) is 0 Å². The predicted octanol–water partition coefficient (Wildman–Crippen LogP) is 0.187. The van der Waals surface area contributed by atoms with Gasteiger partial charge < -0.3 is 10.6 Å². The molecule has 16 heavy (non-hydrogen) atoms. The zero-order chi connectivity index (χ0) is 11.9. The molecule has 0 unspecified atom stereocenters. The maximum Gasteiger partial charge on any atom is 0.239 e. The molecule has 0 radical (unpaired) electrons. The van der Waals surface area contributed by atoms with E-state index in [0.29, 0.717) is 0 Å². The average Bonchev–Trinajstić information content (AvgIpc) is 2.55. The molecule has 4 nitrogen and oxygen atoms in total. The van der Waals surface area contributed by atoms with Crippen LogP contribution in [0.5, 0.6) is 0 Å². The minimum Gasteiger partial charge on any atom is -0.336 e. The van der Waals surface area contributed by atoms with E-state index in [1.807, 2.05) is 30.5 Å². The molecule has 0 aromatic carbocycles. The van der Waals surface area contributed by atoms with E-state index in [-0.39, 0.29) is 22.7 Å². The highest BCUT2D eigenvalue weighted by Gasteiger charge is 2.51. The number of carbonyl (C=O) groups is 1. The third-order valence-electron chi connectivity index (χ3n) is 3.68.